The molecule has 0 bridgehead atoms. The number of benzene rings is 1. The molecule has 0 heterocycles. The second kappa shape index (κ2) is 4.72. The van der Waals surface area contributed by atoms with Crippen LogP contribution in [-0.4, -0.2) is 17.8 Å². The highest BCUT2D eigenvalue weighted by Gasteiger charge is 2.03. The number of para-hydroxylation sites is 2. The highest BCUT2D eigenvalue weighted by atomic mass is 16.5. The molecule has 0 amide bonds. The summed E-state index contributed by atoms with van der Waals surface area (Å²) in [6, 6.07) is 6.90. The third-order valence-corrected chi connectivity index (χ3v) is 1.84. The smallest absolute Gasteiger partial charge is 0.160 e. The Hall–Kier alpha value is -1.22. The number of hydrogen-bond donors (Lipinski definition) is 2. The third kappa shape index (κ3) is 2.95. The highest BCUT2D eigenvalue weighted by Crippen LogP contribution is 2.24. The fourth-order valence-electron chi connectivity index (χ4n) is 0.894. The van der Waals surface area contributed by atoms with Crippen LogP contribution in [0.2, 0.25) is 0 Å². The fourth-order valence-corrected chi connectivity index (χ4v) is 0.894. The average Bonchev–Trinajstić information content (AvgIpc) is 2.16. The second-order valence-electron chi connectivity index (χ2n) is 2.95. The quantitative estimate of drug-likeness (QED) is 0.740. The van der Waals surface area contributed by atoms with Gasteiger partial charge in [0.05, 0.1) is 0 Å². The molecule has 1 unspecified atom stereocenters. The maximum absolute atomic E-state index is 9.33. The van der Waals surface area contributed by atoms with Crippen LogP contribution in [0, 0.1) is 0 Å². The predicted octanol–water partition coefficient (Wildman–Crippen LogP) is 1.51. The van der Waals surface area contributed by atoms with Crippen LogP contribution >= 0.6 is 0 Å². The van der Waals surface area contributed by atoms with E-state index in [4.69, 9.17) is 10.5 Å². The Bertz CT molecular complexity index is 263. The molecule has 0 fully saturated rings. The van der Waals surface area contributed by atoms with Gasteiger partial charge in [0.1, 0.15) is 6.61 Å². The van der Waals surface area contributed by atoms with E-state index in [1.807, 2.05) is 13.0 Å². The van der Waals surface area contributed by atoms with Crippen molar-refractivity contribution in [2.24, 2.45) is 5.73 Å². The number of nitrogens with two attached hydrogens (primary N) is 1. The molecular weight excluding hydrogens is 166 g/mol. The van der Waals surface area contributed by atoms with Gasteiger partial charge >= 0.3 is 0 Å². The van der Waals surface area contributed by atoms with Crippen molar-refractivity contribution in [1.29, 1.82) is 0 Å². The number of hydrogen-bond acceptors (Lipinski definition) is 3. The molecule has 72 valence electrons. The summed E-state index contributed by atoms with van der Waals surface area (Å²) in [5, 5.41) is 9.33. The van der Waals surface area contributed by atoms with Gasteiger partial charge in [-0.25, -0.2) is 0 Å². The maximum Gasteiger partial charge on any atom is 0.160 e. The monoisotopic (exact) mass is 181 g/mol. The minimum absolute atomic E-state index is 0.0274. The van der Waals surface area contributed by atoms with E-state index in [1.165, 1.54) is 0 Å². The molecule has 3 nitrogen and oxygen atoms in total. The van der Waals surface area contributed by atoms with Gasteiger partial charge in [0, 0.05) is 6.04 Å². The summed E-state index contributed by atoms with van der Waals surface area (Å²) < 4.78 is 5.31. The first-order chi connectivity index (χ1) is 6.24. The molecular formula is C10H15NO2. The van der Waals surface area contributed by atoms with Crippen molar-refractivity contribution >= 4 is 0 Å². The molecule has 0 aliphatic carbocycles. The van der Waals surface area contributed by atoms with E-state index in [-0.39, 0.29) is 11.8 Å². The van der Waals surface area contributed by atoms with Gasteiger partial charge in [-0.2, -0.15) is 0 Å². The van der Waals surface area contributed by atoms with Gasteiger partial charge in [-0.1, -0.05) is 19.1 Å². The Balaban J connectivity index is 2.50. The summed E-state index contributed by atoms with van der Waals surface area (Å²) in [7, 11) is 0. The maximum atomic E-state index is 9.33. The molecule has 0 aliphatic heterocycles. The minimum Gasteiger partial charge on any atom is -0.504 e. The minimum atomic E-state index is 0.0274. The molecule has 0 saturated heterocycles. The zero-order valence-corrected chi connectivity index (χ0v) is 7.73. The van der Waals surface area contributed by atoms with Gasteiger partial charge in [0.15, 0.2) is 11.5 Å². The first kappa shape index (κ1) is 9.86. The lowest BCUT2D eigenvalue weighted by atomic mass is 10.2. The highest BCUT2D eigenvalue weighted by molar-refractivity contribution is 5.37. The van der Waals surface area contributed by atoms with Crippen LogP contribution in [0.4, 0.5) is 0 Å². The van der Waals surface area contributed by atoms with E-state index >= 15 is 0 Å². The van der Waals surface area contributed by atoms with Crippen LogP contribution in [-0.2, 0) is 0 Å². The standard InChI is InChI=1S/C10H15NO2/c1-2-8(11)7-13-10-6-4-3-5-9(10)12/h3-6,8,12H,2,7,11H2,1H3. The molecule has 1 rings (SSSR count). The van der Waals surface area contributed by atoms with E-state index in [0.29, 0.717) is 12.4 Å². The summed E-state index contributed by atoms with van der Waals surface area (Å²) in [6.45, 7) is 2.44. The van der Waals surface area contributed by atoms with Crippen LogP contribution in [0.3, 0.4) is 0 Å². The van der Waals surface area contributed by atoms with Crippen molar-refractivity contribution in [3.63, 3.8) is 0 Å². The van der Waals surface area contributed by atoms with Gasteiger partial charge in [-0.3, -0.25) is 0 Å². The number of phenols is 1. The van der Waals surface area contributed by atoms with Gasteiger partial charge in [0.2, 0.25) is 0 Å². The SMILES string of the molecule is CCC(N)COc1ccccc1O. The fraction of sp³-hybridized carbons (Fsp3) is 0.400. The molecule has 3 heteroatoms. The van der Waals surface area contributed by atoms with Crippen molar-refractivity contribution in [2.75, 3.05) is 6.61 Å². The van der Waals surface area contributed by atoms with Gasteiger partial charge in [-0.15, -0.1) is 0 Å². The van der Waals surface area contributed by atoms with E-state index in [0.717, 1.165) is 6.42 Å². The van der Waals surface area contributed by atoms with E-state index in [2.05, 4.69) is 0 Å². The summed E-state index contributed by atoms with van der Waals surface area (Å²) in [6.07, 6.45) is 0.869. The average molecular weight is 181 g/mol. The number of phenolic OH excluding ortho intramolecular Hbond substituents is 1. The van der Waals surface area contributed by atoms with E-state index in [9.17, 15) is 5.11 Å². The van der Waals surface area contributed by atoms with Crippen molar-refractivity contribution < 1.29 is 9.84 Å². The summed E-state index contributed by atoms with van der Waals surface area (Å²) in [5.41, 5.74) is 5.66. The van der Waals surface area contributed by atoms with Crippen molar-refractivity contribution in [3.8, 4) is 11.5 Å². The first-order valence-corrected chi connectivity index (χ1v) is 4.40. The lowest BCUT2D eigenvalue weighted by molar-refractivity contribution is 0.272. The molecule has 0 aliphatic rings. The third-order valence-electron chi connectivity index (χ3n) is 1.84. The molecule has 0 spiro atoms. The normalized spacial score (nSPS) is 12.5. The molecule has 1 aromatic rings. The Kier molecular flexibility index (Phi) is 3.58. The lowest BCUT2D eigenvalue weighted by Gasteiger charge is -2.11. The second-order valence-corrected chi connectivity index (χ2v) is 2.95. The van der Waals surface area contributed by atoms with Gasteiger partial charge < -0.3 is 15.6 Å². The van der Waals surface area contributed by atoms with Crippen molar-refractivity contribution in [2.45, 2.75) is 19.4 Å². The molecule has 0 radical (unpaired) electrons. The summed E-state index contributed by atoms with van der Waals surface area (Å²) in [4.78, 5) is 0. The van der Waals surface area contributed by atoms with Gasteiger partial charge in [0.25, 0.3) is 0 Å². The van der Waals surface area contributed by atoms with Crippen LogP contribution in [0.15, 0.2) is 24.3 Å². The zero-order chi connectivity index (χ0) is 9.68. The Morgan fingerprint density at radius 3 is 2.77 bits per heavy atom. The van der Waals surface area contributed by atoms with Crippen molar-refractivity contribution in [1.82, 2.24) is 0 Å². The predicted molar refractivity (Wildman–Crippen MR) is 51.9 cm³/mol. The Morgan fingerprint density at radius 2 is 2.15 bits per heavy atom. The zero-order valence-electron chi connectivity index (χ0n) is 7.73. The molecule has 13 heavy (non-hydrogen) atoms. The van der Waals surface area contributed by atoms with Crippen LogP contribution in [0.25, 0.3) is 0 Å². The molecule has 1 aromatic carbocycles. The first-order valence-electron chi connectivity index (χ1n) is 4.40. The number of rotatable bonds is 4. The molecule has 0 saturated carbocycles. The number of aromatic hydroxyl groups is 1. The molecule has 0 aromatic heterocycles. The summed E-state index contributed by atoms with van der Waals surface area (Å²) in [5.74, 6) is 0.650. The van der Waals surface area contributed by atoms with Gasteiger partial charge in [-0.05, 0) is 18.6 Å². The van der Waals surface area contributed by atoms with Crippen LogP contribution in [0.5, 0.6) is 11.5 Å². The van der Waals surface area contributed by atoms with E-state index in [1.54, 1.807) is 18.2 Å². The Morgan fingerprint density at radius 1 is 1.46 bits per heavy atom. The topological polar surface area (TPSA) is 55.5 Å². The lowest BCUT2D eigenvalue weighted by Crippen LogP contribution is -2.26. The molecule has 1 atom stereocenters. The Labute approximate surface area is 78.1 Å². The van der Waals surface area contributed by atoms with Crippen molar-refractivity contribution in [3.05, 3.63) is 24.3 Å². The number of ether oxygens (including phenoxy) is 1. The van der Waals surface area contributed by atoms with Crippen LogP contribution < -0.4 is 10.5 Å². The largest absolute Gasteiger partial charge is 0.504 e. The molecule has 3 N–H and O–H groups in total. The van der Waals surface area contributed by atoms with Crippen LogP contribution in [0.1, 0.15) is 13.3 Å². The van der Waals surface area contributed by atoms with E-state index < -0.39 is 0 Å². The summed E-state index contributed by atoms with van der Waals surface area (Å²) >= 11 is 0.